The number of hydrogen-bond donors (Lipinski definition) is 0. The second-order valence-corrected chi connectivity index (χ2v) is 3.83. The van der Waals surface area contributed by atoms with Crippen LogP contribution in [-0.2, 0) is 12.1 Å². The van der Waals surface area contributed by atoms with E-state index < -0.39 is 47.6 Å². The van der Waals surface area contributed by atoms with Gasteiger partial charge in [-0.05, 0) is 6.07 Å². The summed E-state index contributed by atoms with van der Waals surface area (Å²) in [4.78, 5) is 0. The number of hydrogen-bond acceptors (Lipinski definition) is 1. The van der Waals surface area contributed by atoms with Gasteiger partial charge >= 0.3 is 49.0 Å². The molecule has 0 aliphatic heterocycles. The Labute approximate surface area is 130 Å². The molecule has 0 amide bonds. The second-order valence-electron chi connectivity index (χ2n) is 3.83. The molecule has 1 aromatic heterocycles. The monoisotopic (exact) mass is 360 g/mol. The van der Waals surface area contributed by atoms with E-state index in [0.29, 0.717) is 0 Å². The predicted octanol–water partition coefficient (Wildman–Crippen LogP) is 0.986. The normalized spacial score (nSPS) is 14.6. The van der Waals surface area contributed by atoms with Crippen LogP contribution in [0.2, 0.25) is 0 Å². The standard InChI is InChI=1S/C8HF12N2.Li/c9-4(10,2-1-3(22-21-2)5(11,12)13)6(14,15)7(16,17)8(18,19)20;/h1H;/q-1;+1. The van der Waals surface area contributed by atoms with Gasteiger partial charge < -0.3 is 10.2 Å². The Kier molecular flexibility index (Phi) is 5.54. The van der Waals surface area contributed by atoms with Crippen molar-refractivity contribution in [2.45, 2.75) is 30.1 Å². The predicted molar refractivity (Wildman–Crippen MR) is 42.4 cm³/mol. The zero-order valence-corrected chi connectivity index (χ0v) is 10.5. The average Bonchev–Trinajstić information content (AvgIpc) is 2.75. The fourth-order valence-corrected chi connectivity index (χ4v) is 1.12. The van der Waals surface area contributed by atoms with E-state index in [4.69, 9.17) is 0 Å². The van der Waals surface area contributed by atoms with Crippen LogP contribution in [0.5, 0.6) is 0 Å². The summed E-state index contributed by atoms with van der Waals surface area (Å²) in [6, 6.07) is -0.847. The first kappa shape index (κ1) is 22.0. The van der Waals surface area contributed by atoms with Crippen molar-refractivity contribution >= 4 is 0 Å². The molecule has 0 spiro atoms. The van der Waals surface area contributed by atoms with Crippen LogP contribution < -0.4 is 24.0 Å². The van der Waals surface area contributed by atoms with E-state index in [9.17, 15) is 52.7 Å². The third-order valence-corrected chi connectivity index (χ3v) is 2.30. The molecule has 0 aliphatic carbocycles. The summed E-state index contributed by atoms with van der Waals surface area (Å²) in [6.45, 7) is 0. The molecule has 23 heavy (non-hydrogen) atoms. The summed E-state index contributed by atoms with van der Waals surface area (Å²) in [6.07, 6.45) is -12.5. The first-order valence-corrected chi connectivity index (χ1v) is 4.74. The maximum atomic E-state index is 13.2. The van der Waals surface area contributed by atoms with Crippen molar-refractivity contribution in [3.05, 3.63) is 17.5 Å². The van der Waals surface area contributed by atoms with E-state index in [1.807, 2.05) is 10.2 Å². The van der Waals surface area contributed by atoms with Gasteiger partial charge in [0, 0.05) is 0 Å². The minimum absolute atomic E-state index is 0. The largest absolute Gasteiger partial charge is 1.00 e. The van der Waals surface area contributed by atoms with E-state index in [1.54, 1.807) is 0 Å². The van der Waals surface area contributed by atoms with Crippen LogP contribution in [0.4, 0.5) is 52.7 Å². The molecule has 128 valence electrons. The molecule has 1 rings (SSSR count). The maximum Gasteiger partial charge on any atom is 1.00 e. The summed E-state index contributed by atoms with van der Waals surface area (Å²) < 4.78 is 149. The SMILES string of the molecule is FC(F)(F)c1cc(C(F)(F)C(F)(F)C(F)(F)C(F)(F)F)[n-]n1.[Li+]. The Morgan fingerprint density at radius 2 is 1.17 bits per heavy atom. The van der Waals surface area contributed by atoms with Crippen LogP contribution in [0.15, 0.2) is 6.07 Å². The summed E-state index contributed by atoms with van der Waals surface area (Å²) in [7, 11) is 0. The van der Waals surface area contributed by atoms with Crippen molar-refractivity contribution in [1.82, 2.24) is 10.2 Å². The number of rotatable bonds is 3. The second kappa shape index (κ2) is 5.80. The Morgan fingerprint density at radius 3 is 1.48 bits per heavy atom. The molecule has 2 nitrogen and oxygen atoms in total. The zero-order valence-electron chi connectivity index (χ0n) is 10.5. The molecule has 0 radical (unpaired) electrons. The van der Waals surface area contributed by atoms with Gasteiger partial charge in [0.15, 0.2) is 0 Å². The minimum Gasteiger partial charge on any atom is -0.573 e. The van der Waals surface area contributed by atoms with Crippen LogP contribution in [0.1, 0.15) is 11.4 Å². The fraction of sp³-hybridized carbons (Fsp3) is 0.625. The third kappa shape index (κ3) is 3.42. The summed E-state index contributed by atoms with van der Waals surface area (Å²) >= 11 is 0. The van der Waals surface area contributed by atoms with Crippen LogP contribution in [0.25, 0.3) is 0 Å². The van der Waals surface area contributed by atoms with Gasteiger partial charge in [-0.2, -0.15) is 52.7 Å². The topological polar surface area (TPSA) is 27.0 Å². The minimum atomic E-state index is -7.22. The number of nitrogens with zero attached hydrogens (tertiary/aromatic N) is 2. The van der Waals surface area contributed by atoms with Gasteiger partial charge in [-0.25, -0.2) is 0 Å². The first-order chi connectivity index (χ1) is 9.46. The maximum absolute atomic E-state index is 13.2. The van der Waals surface area contributed by atoms with E-state index >= 15 is 0 Å². The number of alkyl halides is 12. The fourth-order valence-electron chi connectivity index (χ4n) is 1.12. The van der Waals surface area contributed by atoms with Crippen molar-refractivity contribution in [3.8, 4) is 0 Å². The molecule has 0 saturated carbocycles. The molecule has 1 heterocycles. The average molecular weight is 360 g/mol. The van der Waals surface area contributed by atoms with Crippen LogP contribution in [-0.4, -0.2) is 23.1 Å². The van der Waals surface area contributed by atoms with E-state index in [2.05, 4.69) is 0 Å². The molecule has 1 aromatic rings. The van der Waals surface area contributed by atoms with Gasteiger partial charge in [-0.1, -0.05) is 5.69 Å². The van der Waals surface area contributed by atoms with Gasteiger partial charge in [0.1, 0.15) is 5.69 Å². The Hall–Kier alpha value is -1.03. The van der Waals surface area contributed by atoms with Gasteiger partial charge in [-0.3, -0.25) is 0 Å². The van der Waals surface area contributed by atoms with Gasteiger partial charge in [0.05, 0.1) is 0 Å². The Balaban J connectivity index is 0.00000484. The third-order valence-electron chi connectivity index (χ3n) is 2.30. The van der Waals surface area contributed by atoms with Gasteiger partial charge in [-0.15, -0.1) is 0 Å². The number of halogens is 12. The molecular weight excluding hydrogens is 359 g/mol. The molecule has 0 bridgehead atoms. The molecule has 0 atom stereocenters. The molecule has 0 aliphatic rings. The molecule has 0 saturated heterocycles. The molecule has 15 heteroatoms. The van der Waals surface area contributed by atoms with E-state index in [-0.39, 0.29) is 18.9 Å². The van der Waals surface area contributed by atoms with E-state index in [1.165, 1.54) is 0 Å². The summed E-state index contributed by atoms with van der Waals surface area (Å²) in [5.41, 5.74) is -4.93. The van der Waals surface area contributed by atoms with Crippen LogP contribution in [0.3, 0.4) is 0 Å². The van der Waals surface area contributed by atoms with Gasteiger partial charge in [0.2, 0.25) is 0 Å². The zero-order chi connectivity index (χ0) is 17.8. The van der Waals surface area contributed by atoms with Crippen molar-refractivity contribution in [2.24, 2.45) is 0 Å². The molecular formula is C8HF12LiN2. The smallest absolute Gasteiger partial charge is 0.573 e. The molecule has 0 unspecified atom stereocenters. The van der Waals surface area contributed by atoms with Crippen molar-refractivity contribution in [1.29, 1.82) is 0 Å². The van der Waals surface area contributed by atoms with Crippen LogP contribution in [0, 0.1) is 0 Å². The van der Waals surface area contributed by atoms with Crippen molar-refractivity contribution in [2.75, 3.05) is 0 Å². The van der Waals surface area contributed by atoms with Crippen molar-refractivity contribution < 1.29 is 71.5 Å². The molecule has 0 aromatic carbocycles. The number of aromatic nitrogens is 2. The summed E-state index contributed by atoms with van der Waals surface area (Å²) in [5, 5.41) is 3.91. The Bertz CT molecular complexity index is 542. The van der Waals surface area contributed by atoms with Crippen LogP contribution >= 0.6 is 0 Å². The first-order valence-electron chi connectivity index (χ1n) is 4.74. The molecule has 0 fully saturated rings. The Morgan fingerprint density at radius 1 is 0.739 bits per heavy atom. The quantitative estimate of drug-likeness (QED) is 0.594. The summed E-state index contributed by atoms with van der Waals surface area (Å²) in [5.74, 6) is -20.7. The molecule has 0 N–H and O–H groups in total. The van der Waals surface area contributed by atoms with E-state index in [0.717, 1.165) is 0 Å². The van der Waals surface area contributed by atoms with Gasteiger partial charge in [0.25, 0.3) is 0 Å². The van der Waals surface area contributed by atoms with Crippen molar-refractivity contribution in [3.63, 3.8) is 0 Å².